The molecule has 2 aliphatic heterocycles. The maximum Gasteiger partial charge on any atom is 0.336 e. The van der Waals surface area contributed by atoms with Crippen molar-refractivity contribution in [2.75, 3.05) is 45.8 Å². The molecule has 0 radical (unpaired) electrons. The van der Waals surface area contributed by atoms with Crippen LogP contribution in [0.4, 0.5) is 0 Å². The van der Waals surface area contributed by atoms with Crippen molar-refractivity contribution in [2.45, 2.75) is 19.4 Å². The number of nitrogens with zero attached hydrogens (tertiary/aromatic N) is 3. The number of carboxylic acids is 1. The van der Waals surface area contributed by atoms with Crippen LogP contribution in [0, 0.1) is 5.92 Å². The van der Waals surface area contributed by atoms with E-state index in [1.54, 1.807) is 24.4 Å². The lowest BCUT2D eigenvalue weighted by Crippen LogP contribution is -2.51. The van der Waals surface area contributed by atoms with E-state index in [2.05, 4.69) is 16.4 Å². The molecule has 0 spiro atoms. The second kappa shape index (κ2) is 11.6. The number of likely N-dealkylation sites (tertiary alicyclic amines) is 1. The molecule has 2 saturated heterocycles. The Labute approximate surface area is 190 Å². The van der Waals surface area contributed by atoms with E-state index in [1.807, 2.05) is 29.2 Å². The summed E-state index contributed by atoms with van der Waals surface area (Å²) in [5, 5.41) is 9.38. The summed E-state index contributed by atoms with van der Waals surface area (Å²) in [5.74, 6) is -0.548. The molecule has 3 N–H and O–H groups in total. The minimum atomic E-state index is -0.896. The first-order valence-electron chi connectivity index (χ1n) is 11.3. The number of aromatic carboxylic acids is 1. The fraction of sp³-hybridized carbons (Fsp3) is 0.440. The fourth-order valence-corrected chi connectivity index (χ4v) is 4.52. The van der Waals surface area contributed by atoms with E-state index in [1.165, 1.54) is 0 Å². The van der Waals surface area contributed by atoms with Crippen molar-refractivity contribution in [3.63, 3.8) is 0 Å². The third-order valence-corrected chi connectivity index (χ3v) is 6.31. The molecule has 2 fully saturated rings. The number of carbonyl (C=O) groups is 2. The predicted molar refractivity (Wildman–Crippen MR) is 126 cm³/mol. The zero-order valence-electron chi connectivity index (χ0n) is 18.7. The molecule has 7 nitrogen and oxygen atoms in total. The third kappa shape index (κ3) is 6.31. The number of nitrogens with two attached hydrogens (primary N) is 1. The second-order valence-electron chi connectivity index (χ2n) is 8.45. The topological polar surface area (TPSA) is 90.1 Å². The Kier molecular flexibility index (Phi) is 8.64. The van der Waals surface area contributed by atoms with Gasteiger partial charge in [-0.15, -0.1) is 0 Å². The summed E-state index contributed by atoms with van der Waals surface area (Å²) in [4.78, 5) is 31.1. The highest BCUT2D eigenvalue weighted by atomic mass is 16.4. The molecule has 1 amide bonds. The van der Waals surface area contributed by atoms with E-state index in [0.29, 0.717) is 25.2 Å². The highest BCUT2D eigenvalue weighted by molar-refractivity contribution is 5.89. The van der Waals surface area contributed by atoms with Gasteiger partial charge in [-0.1, -0.05) is 36.9 Å². The number of carbonyl (C=O) groups excluding carboxylic acids is 1. The lowest BCUT2D eigenvalue weighted by molar-refractivity contribution is -0.138. The van der Waals surface area contributed by atoms with Crippen molar-refractivity contribution in [2.24, 2.45) is 11.7 Å². The van der Waals surface area contributed by atoms with E-state index in [9.17, 15) is 14.7 Å². The summed E-state index contributed by atoms with van der Waals surface area (Å²) in [7, 11) is 0. The zero-order valence-corrected chi connectivity index (χ0v) is 18.7. The Morgan fingerprint density at radius 1 is 1.06 bits per heavy atom. The van der Waals surface area contributed by atoms with Crippen molar-refractivity contribution < 1.29 is 14.7 Å². The van der Waals surface area contributed by atoms with Crippen LogP contribution in [-0.2, 0) is 11.3 Å². The molecule has 1 aromatic rings. The van der Waals surface area contributed by atoms with Crippen LogP contribution in [0.2, 0.25) is 0 Å². The van der Waals surface area contributed by atoms with Crippen molar-refractivity contribution in [1.29, 1.82) is 0 Å². The molecule has 172 valence electrons. The number of allylic oxidation sites excluding steroid dienone is 2. The van der Waals surface area contributed by atoms with Crippen molar-refractivity contribution in [3.05, 3.63) is 72.0 Å². The average molecular weight is 439 g/mol. The zero-order chi connectivity index (χ0) is 22.9. The first-order chi connectivity index (χ1) is 15.5. The van der Waals surface area contributed by atoms with Crippen molar-refractivity contribution in [3.8, 4) is 0 Å². The van der Waals surface area contributed by atoms with Gasteiger partial charge in [0, 0.05) is 45.2 Å². The van der Waals surface area contributed by atoms with Gasteiger partial charge in [-0.2, -0.15) is 0 Å². The van der Waals surface area contributed by atoms with Gasteiger partial charge in [-0.3, -0.25) is 14.6 Å². The standard InChI is InChI=1S/C25H34N4O3/c1-2-5-20(8-11-26)18-27-12-9-21(10-13-27)24(30)29-16-14-28(15-17-29)19-22-6-3-4-7-23(22)25(31)32/h2-8,11,21H,1,9-10,12-19,26H2,(H,31,32)/b11-8-,20-5+. The summed E-state index contributed by atoms with van der Waals surface area (Å²) in [5.41, 5.74) is 7.82. The molecule has 32 heavy (non-hydrogen) atoms. The molecular weight excluding hydrogens is 404 g/mol. The molecule has 2 aliphatic rings. The first kappa shape index (κ1) is 23.8. The quantitative estimate of drug-likeness (QED) is 0.606. The molecule has 0 aliphatic carbocycles. The molecule has 3 rings (SSSR count). The van der Waals surface area contributed by atoms with Crippen LogP contribution < -0.4 is 5.73 Å². The summed E-state index contributed by atoms with van der Waals surface area (Å²) in [6.07, 6.45) is 8.93. The minimum absolute atomic E-state index is 0.0856. The molecule has 0 aromatic heterocycles. The van der Waals surface area contributed by atoms with Crippen LogP contribution in [0.3, 0.4) is 0 Å². The highest BCUT2D eigenvalue weighted by Gasteiger charge is 2.30. The van der Waals surface area contributed by atoms with E-state index in [-0.39, 0.29) is 11.8 Å². The molecule has 0 atom stereocenters. The molecule has 0 saturated carbocycles. The Morgan fingerprint density at radius 2 is 1.75 bits per heavy atom. The van der Waals surface area contributed by atoms with Gasteiger partial charge in [-0.25, -0.2) is 4.79 Å². The Bertz CT molecular complexity index is 864. The molecule has 2 heterocycles. The fourth-order valence-electron chi connectivity index (χ4n) is 4.52. The van der Waals surface area contributed by atoms with E-state index in [0.717, 1.165) is 56.7 Å². The van der Waals surface area contributed by atoms with Gasteiger partial charge in [0.25, 0.3) is 0 Å². The maximum atomic E-state index is 13.1. The highest BCUT2D eigenvalue weighted by Crippen LogP contribution is 2.22. The second-order valence-corrected chi connectivity index (χ2v) is 8.45. The number of hydrogen-bond donors (Lipinski definition) is 2. The summed E-state index contributed by atoms with van der Waals surface area (Å²) < 4.78 is 0. The number of piperidine rings is 1. The van der Waals surface area contributed by atoms with Crippen molar-refractivity contribution >= 4 is 11.9 Å². The molecule has 1 aromatic carbocycles. The Hall–Kier alpha value is -2.90. The maximum absolute atomic E-state index is 13.1. The third-order valence-electron chi connectivity index (χ3n) is 6.31. The summed E-state index contributed by atoms with van der Waals surface area (Å²) in [6, 6.07) is 7.14. The van der Waals surface area contributed by atoms with Gasteiger partial charge in [0.1, 0.15) is 0 Å². The molecule has 0 bridgehead atoms. The van der Waals surface area contributed by atoms with Gasteiger partial charge in [0.2, 0.25) is 5.91 Å². The predicted octanol–water partition coefficient (Wildman–Crippen LogP) is 2.33. The van der Waals surface area contributed by atoms with Crippen LogP contribution in [0.25, 0.3) is 0 Å². The van der Waals surface area contributed by atoms with Gasteiger partial charge < -0.3 is 15.7 Å². The summed E-state index contributed by atoms with van der Waals surface area (Å²) >= 11 is 0. The SMILES string of the molecule is C=C/C=C(\C=C/N)CN1CCC(C(=O)N2CCN(Cc3ccccc3C(=O)O)CC2)CC1. The molecular formula is C25H34N4O3. The Morgan fingerprint density at radius 3 is 2.38 bits per heavy atom. The number of benzene rings is 1. The molecule has 0 unspecified atom stereocenters. The largest absolute Gasteiger partial charge is 0.478 e. The van der Waals surface area contributed by atoms with Gasteiger partial charge in [-0.05, 0) is 55.4 Å². The van der Waals surface area contributed by atoms with Gasteiger partial charge in [0.05, 0.1) is 5.56 Å². The van der Waals surface area contributed by atoms with Crippen LogP contribution in [0.15, 0.2) is 60.8 Å². The van der Waals surface area contributed by atoms with E-state index in [4.69, 9.17) is 5.73 Å². The number of amides is 1. The number of hydrogen-bond acceptors (Lipinski definition) is 5. The van der Waals surface area contributed by atoms with Gasteiger partial charge >= 0.3 is 5.97 Å². The average Bonchev–Trinajstić information content (AvgIpc) is 2.80. The number of carboxylic acid groups (broad SMARTS) is 1. The van der Waals surface area contributed by atoms with Crippen LogP contribution in [0.5, 0.6) is 0 Å². The monoisotopic (exact) mass is 438 g/mol. The molecule has 7 heteroatoms. The normalized spacial score (nSPS) is 19.4. The lowest BCUT2D eigenvalue weighted by atomic mass is 9.94. The van der Waals surface area contributed by atoms with Crippen LogP contribution >= 0.6 is 0 Å². The lowest BCUT2D eigenvalue weighted by Gasteiger charge is -2.38. The first-order valence-corrected chi connectivity index (χ1v) is 11.3. The van der Waals surface area contributed by atoms with E-state index >= 15 is 0 Å². The van der Waals surface area contributed by atoms with Crippen LogP contribution in [0.1, 0.15) is 28.8 Å². The minimum Gasteiger partial charge on any atom is -0.478 e. The van der Waals surface area contributed by atoms with Crippen molar-refractivity contribution in [1.82, 2.24) is 14.7 Å². The van der Waals surface area contributed by atoms with E-state index < -0.39 is 5.97 Å². The van der Waals surface area contributed by atoms with Gasteiger partial charge in [0.15, 0.2) is 0 Å². The Balaban J connectivity index is 1.46. The van der Waals surface area contributed by atoms with Crippen LogP contribution in [-0.4, -0.2) is 77.5 Å². The smallest absolute Gasteiger partial charge is 0.336 e. The number of piperazine rings is 1. The number of rotatable bonds is 8. The summed E-state index contributed by atoms with van der Waals surface area (Å²) in [6.45, 7) is 9.88.